The standard InChI is InChI=1S/C14H18N2O6S2/c15-23(19,20)11-4-1-5-12(7-11)24(21,22)16-8-10-3-2-6-14(10,9-16)13(17)18/h1,4-5,7,10H,2-3,6,8-9H2,(H,17,18)(H2,15,19,20)/t10-,14+/m0/s1. The lowest BCUT2D eigenvalue weighted by Gasteiger charge is -2.23. The zero-order valence-corrected chi connectivity index (χ0v) is 14.4. The molecule has 0 radical (unpaired) electrons. The number of nitrogens with zero attached hydrogens (tertiary/aromatic N) is 1. The first-order valence-electron chi connectivity index (χ1n) is 7.44. The molecular formula is C14H18N2O6S2. The monoisotopic (exact) mass is 374 g/mol. The summed E-state index contributed by atoms with van der Waals surface area (Å²) in [5.74, 6) is -1.19. The van der Waals surface area contributed by atoms with Crippen molar-refractivity contribution in [2.75, 3.05) is 13.1 Å². The van der Waals surface area contributed by atoms with E-state index in [4.69, 9.17) is 5.14 Å². The van der Waals surface area contributed by atoms with E-state index in [0.717, 1.165) is 16.8 Å². The van der Waals surface area contributed by atoms with Crippen LogP contribution in [-0.2, 0) is 24.8 Å². The Balaban J connectivity index is 1.97. The normalized spacial score (nSPS) is 28.0. The summed E-state index contributed by atoms with van der Waals surface area (Å²) in [5.41, 5.74) is -1.04. The molecule has 0 spiro atoms. The predicted molar refractivity (Wildman–Crippen MR) is 84.0 cm³/mol. The summed E-state index contributed by atoms with van der Waals surface area (Å²) in [6.45, 7) is 0.0448. The number of primary sulfonamides is 1. The molecule has 0 aromatic heterocycles. The average molecular weight is 374 g/mol. The van der Waals surface area contributed by atoms with Crippen molar-refractivity contribution in [1.82, 2.24) is 4.31 Å². The van der Waals surface area contributed by atoms with Crippen molar-refractivity contribution >= 4 is 26.0 Å². The Morgan fingerprint density at radius 3 is 2.50 bits per heavy atom. The maximum absolute atomic E-state index is 12.8. The van der Waals surface area contributed by atoms with E-state index in [-0.39, 0.29) is 28.8 Å². The SMILES string of the molecule is NS(=O)(=O)c1cccc(S(=O)(=O)N2C[C@@H]3CCC[C@@]3(C(=O)O)C2)c1. The number of nitrogens with two attached hydrogens (primary N) is 1. The van der Waals surface area contributed by atoms with E-state index in [1.54, 1.807) is 0 Å². The summed E-state index contributed by atoms with van der Waals surface area (Å²) < 4.78 is 49.6. The first-order valence-corrected chi connectivity index (χ1v) is 10.4. The molecule has 10 heteroatoms. The van der Waals surface area contributed by atoms with Gasteiger partial charge in [-0.05, 0) is 37.0 Å². The van der Waals surface area contributed by atoms with Crippen LogP contribution in [0, 0.1) is 11.3 Å². The number of rotatable bonds is 4. The second-order valence-electron chi connectivity index (χ2n) is 6.37. The van der Waals surface area contributed by atoms with Gasteiger partial charge >= 0.3 is 5.97 Å². The molecule has 2 fully saturated rings. The van der Waals surface area contributed by atoms with Gasteiger partial charge < -0.3 is 5.11 Å². The van der Waals surface area contributed by atoms with Crippen molar-refractivity contribution in [3.8, 4) is 0 Å². The van der Waals surface area contributed by atoms with Crippen molar-refractivity contribution in [2.45, 2.75) is 29.1 Å². The van der Waals surface area contributed by atoms with Gasteiger partial charge in [-0.1, -0.05) is 12.5 Å². The van der Waals surface area contributed by atoms with Gasteiger partial charge in [0, 0.05) is 13.1 Å². The number of carboxylic acid groups (broad SMARTS) is 1. The van der Waals surface area contributed by atoms with Crippen LogP contribution in [0.5, 0.6) is 0 Å². The first-order chi connectivity index (χ1) is 11.1. The molecule has 3 N–H and O–H groups in total. The molecule has 0 amide bonds. The van der Waals surface area contributed by atoms with Gasteiger partial charge in [0.25, 0.3) is 0 Å². The van der Waals surface area contributed by atoms with Crippen LogP contribution >= 0.6 is 0 Å². The van der Waals surface area contributed by atoms with Crippen LogP contribution in [0.3, 0.4) is 0 Å². The highest BCUT2D eigenvalue weighted by Gasteiger charge is 2.57. The Kier molecular flexibility index (Phi) is 3.98. The maximum atomic E-state index is 12.8. The summed E-state index contributed by atoms with van der Waals surface area (Å²) in [6.07, 6.45) is 1.90. The lowest BCUT2D eigenvalue weighted by molar-refractivity contribution is -0.149. The summed E-state index contributed by atoms with van der Waals surface area (Å²) in [4.78, 5) is 11.2. The van der Waals surface area contributed by atoms with E-state index in [1.807, 2.05) is 0 Å². The zero-order valence-electron chi connectivity index (χ0n) is 12.8. The van der Waals surface area contributed by atoms with Crippen molar-refractivity contribution < 1.29 is 26.7 Å². The topological polar surface area (TPSA) is 135 Å². The summed E-state index contributed by atoms with van der Waals surface area (Å²) in [7, 11) is -8.01. The summed E-state index contributed by atoms with van der Waals surface area (Å²) in [6, 6.07) is 4.81. The Morgan fingerprint density at radius 1 is 1.25 bits per heavy atom. The number of fused-ring (bicyclic) bond motifs is 1. The molecule has 24 heavy (non-hydrogen) atoms. The number of aliphatic carboxylic acids is 1. The van der Waals surface area contributed by atoms with E-state index in [0.29, 0.717) is 12.8 Å². The second-order valence-corrected chi connectivity index (χ2v) is 9.87. The summed E-state index contributed by atoms with van der Waals surface area (Å²) in [5, 5.41) is 14.6. The van der Waals surface area contributed by atoms with Crippen LogP contribution in [0.25, 0.3) is 0 Å². The quantitative estimate of drug-likeness (QED) is 0.773. The minimum Gasteiger partial charge on any atom is -0.481 e. The Hall–Kier alpha value is -1.49. The number of sulfonamides is 2. The predicted octanol–water partition coefficient (Wildman–Crippen LogP) is 0.209. The van der Waals surface area contributed by atoms with Gasteiger partial charge in [0.15, 0.2) is 0 Å². The molecule has 8 nitrogen and oxygen atoms in total. The highest BCUT2D eigenvalue weighted by molar-refractivity contribution is 7.90. The van der Waals surface area contributed by atoms with Crippen LogP contribution < -0.4 is 5.14 Å². The molecule has 3 rings (SSSR count). The molecule has 1 saturated heterocycles. The molecular weight excluding hydrogens is 356 g/mol. The van der Waals surface area contributed by atoms with E-state index >= 15 is 0 Å². The maximum Gasteiger partial charge on any atom is 0.311 e. The van der Waals surface area contributed by atoms with Crippen LogP contribution in [0.15, 0.2) is 34.1 Å². The number of hydrogen-bond donors (Lipinski definition) is 2. The molecule has 0 unspecified atom stereocenters. The van der Waals surface area contributed by atoms with E-state index in [9.17, 15) is 26.7 Å². The van der Waals surface area contributed by atoms with Gasteiger partial charge in [0.05, 0.1) is 15.2 Å². The van der Waals surface area contributed by atoms with Gasteiger partial charge in [-0.25, -0.2) is 22.0 Å². The fourth-order valence-corrected chi connectivity index (χ4v) is 5.97. The lowest BCUT2D eigenvalue weighted by atomic mass is 9.81. The highest BCUT2D eigenvalue weighted by atomic mass is 32.2. The minimum absolute atomic E-state index is 0.0884. The molecule has 2 aliphatic rings. The third kappa shape index (κ3) is 2.63. The van der Waals surface area contributed by atoms with E-state index < -0.39 is 31.4 Å². The molecule has 1 saturated carbocycles. The first kappa shape index (κ1) is 17.3. The van der Waals surface area contributed by atoms with Gasteiger partial charge in [0.2, 0.25) is 20.0 Å². The number of benzene rings is 1. The van der Waals surface area contributed by atoms with Gasteiger partial charge in [0.1, 0.15) is 0 Å². The van der Waals surface area contributed by atoms with Gasteiger partial charge in [-0.2, -0.15) is 4.31 Å². The Morgan fingerprint density at radius 2 is 1.92 bits per heavy atom. The largest absolute Gasteiger partial charge is 0.481 e. The minimum atomic E-state index is -4.03. The Labute approximate surface area is 140 Å². The third-order valence-corrected chi connectivity index (χ3v) is 7.76. The third-order valence-electron chi connectivity index (χ3n) is 5.04. The highest BCUT2D eigenvalue weighted by Crippen LogP contribution is 2.50. The van der Waals surface area contributed by atoms with Crippen molar-refractivity contribution in [1.29, 1.82) is 0 Å². The van der Waals surface area contributed by atoms with Crippen molar-refractivity contribution in [3.05, 3.63) is 24.3 Å². The molecule has 2 atom stereocenters. The molecule has 1 aliphatic carbocycles. The van der Waals surface area contributed by atoms with Gasteiger partial charge in [-0.3, -0.25) is 4.79 Å². The Bertz CT molecular complexity index is 896. The second kappa shape index (κ2) is 5.51. The molecule has 1 heterocycles. The number of carboxylic acids is 1. The van der Waals surface area contributed by atoms with E-state index in [1.165, 1.54) is 18.2 Å². The van der Waals surface area contributed by atoms with Crippen LogP contribution in [0.4, 0.5) is 0 Å². The van der Waals surface area contributed by atoms with Crippen LogP contribution in [0.2, 0.25) is 0 Å². The van der Waals surface area contributed by atoms with Gasteiger partial charge in [-0.15, -0.1) is 0 Å². The average Bonchev–Trinajstić information content (AvgIpc) is 3.04. The smallest absolute Gasteiger partial charge is 0.311 e. The number of carbonyl (C=O) groups is 1. The lowest BCUT2D eigenvalue weighted by Crippen LogP contribution is -2.37. The number of hydrogen-bond acceptors (Lipinski definition) is 5. The molecule has 1 aromatic carbocycles. The van der Waals surface area contributed by atoms with Crippen molar-refractivity contribution in [3.63, 3.8) is 0 Å². The molecule has 0 bridgehead atoms. The van der Waals surface area contributed by atoms with E-state index in [2.05, 4.69) is 0 Å². The summed E-state index contributed by atoms with van der Waals surface area (Å²) >= 11 is 0. The molecule has 1 aliphatic heterocycles. The fourth-order valence-electron chi connectivity index (χ4n) is 3.74. The van der Waals surface area contributed by atoms with Crippen LogP contribution in [0.1, 0.15) is 19.3 Å². The fraction of sp³-hybridized carbons (Fsp3) is 0.500. The molecule has 1 aromatic rings. The zero-order chi connectivity index (χ0) is 17.8. The van der Waals surface area contributed by atoms with Crippen molar-refractivity contribution in [2.24, 2.45) is 16.5 Å². The molecule has 132 valence electrons. The van der Waals surface area contributed by atoms with Crippen LogP contribution in [-0.4, -0.2) is 45.3 Å².